The number of amides is 1. The lowest BCUT2D eigenvalue weighted by Gasteiger charge is -2.39. The van der Waals surface area contributed by atoms with Crippen molar-refractivity contribution < 1.29 is 28.0 Å². The lowest BCUT2D eigenvalue weighted by atomic mass is 9.72. The highest BCUT2D eigenvalue weighted by molar-refractivity contribution is 7.90. The van der Waals surface area contributed by atoms with Gasteiger partial charge in [0.15, 0.2) is 0 Å². The third-order valence-electron chi connectivity index (χ3n) is 13.6. The van der Waals surface area contributed by atoms with E-state index in [0.29, 0.717) is 17.9 Å². The number of aromatic nitrogens is 2. The maximum absolute atomic E-state index is 14.0. The van der Waals surface area contributed by atoms with Gasteiger partial charge in [-0.2, -0.15) is 0 Å². The molecule has 4 N–H and O–H groups in total. The number of H-pyrrole nitrogens is 1. The van der Waals surface area contributed by atoms with Gasteiger partial charge in [0.1, 0.15) is 22.8 Å². The summed E-state index contributed by atoms with van der Waals surface area (Å²) in [6.45, 7) is 15.5. The largest absolute Gasteiger partial charge is 0.455 e. The molecule has 0 saturated carbocycles. The number of nitrogens with one attached hydrogen (secondary N) is 3. The van der Waals surface area contributed by atoms with Crippen molar-refractivity contribution in [2.24, 2.45) is 11.3 Å². The van der Waals surface area contributed by atoms with Gasteiger partial charge in [0.25, 0.3) is 21.6 Å². The van der Waals surface area contributed by atoms with Crippen molar-refractivity contribution in [3.05, 3.63) is 117 Å². The van der Waals surface area contributed by atoms with Crippen LogP contribution in [0.1, 0.15) is 88.6 Å². The highest BCUT2D eigenvalue weighted by Gasteiger charge is 2.31. The van der Waals surface area contributed by atoms with Crippen molar-refractivity contribution in [1.29, 1.82) is 0 Å². The number of carbonyl (C=O) groups is 1. The number of carbonyl (C=O) groups excluding carboxylic acids is 1. The number of halogens is 1. The number of pyridine rings is 1. The van der Waals surface area contributed by atoms with Crippen LogP contribution in [0.15, 0.2) is 95.7 Å². The highest BCUT2D eigenvalue weighted by Crippen LogP contribution is 2.43. The number of aliphatic hydroxyl groups is 1. The number of aromatic amines is 1. The summed E-state index contributed by atoms with van der Waals surface area (Å²) in [7, 11) is -4.58. The smallest absolute Gasteiger partial charge is 0.293 e. The number of sulfonamides is 1. The van der Waals surface area contributed by atoms with E-state index in [9.17, 15) is 28.4 Å². The Hall–Kier alpha value is -5.52. The SMILES string of the molecule is CC(C)(O)CCCN1CCC(CNc2ccc(S(=O)(=O)NC(=O)c3ccc(N4CCN(CC5=C(c6ccc(Cl)cc6)CC(C)(C)CC5)CC4)cc3Oc3cnc4[nH]ccc4c3)cc2[N+](=O)[O-])CC1. The first-order valence-corrected chi connectivity index (χ1v) is 25.5. The zero-order valence-corrected chi connectivity index (χ0v) is 41.0. The first-order chi connectivity index (χ1) is 32.4. The molecule has 0 spiro atoms. The number of benzene rings is 3. The molecular weight excluding hydrogens is 904 g/mol. The monoisotopic (exact) mass is 966 g/mol. The number of rotatable bonds is 17. The average Bonchev–Trinajstić information content (AvgIpc) is 3.77. The van der Waals surface area contributed by atoms with Gasteiger partial charge in [-0.15, -0.1) is 0 Å². The summed E-state index contributed by atoms with van der Waals surface area (Å²) in [6.07, 6.45) is 9.93. The van der Waals surface area contributed by atoms with Gasteiger partial charge in [-0.05, 0) is 149 Å². The van der Waals surface area contributed by atoms with Gasteiger partial charge in [-0.25, -0.2) is 18.1 Å². The van der Waals surface area contributed by atoms with E-state index in [4.69, 9.17) is 16.3 Å². The molecule has 0 atom stereocenters. The number of anilines is 2. The number of piperidine rings is 1. The fraction of sp³-hybridized carbons (Fsp3) is 0.451. The molecule has 68 heavy (non-hydrogen) atoms. The third-order valence-corrected chi connectivity index (χ3v) is 15.2. The van der Waals surface area contributed by atoms with Crippen molar-refractivity contribution in [2.75, 3.05) is 69.1 Å². The molecule has 2 fully saturated rings. The molecule has 3 aliphatic rings. The number of nitro benzene ring substituents is 1. The average molecular weight is 968 g/mol. The third kappa shape index (κ3) is 12.4. The fourth-order valence-corrected chi connectivity index (χ4v) is 10.7. The molecule has 2 saturated heterocycles. The first kappa shape index (κ1) is 48.9. The predicted molar refractivity (Wildman–Crippen MR) is 268 cm³/mol. The molecular formula is C51H63ClN8O7S. The minimum Gasteiger partial charge on any atom is -0.455 e. The number of nitrogens with zero attached hydrogens (tertiary/aromatic N) is 5. The van der Waals surface area contributed by atoms with E-state index < -0.39 is 37.0 Å². The topological polar surface area (TPSA) is 186 Å². The quantitative estimate of drug-likeness (QED) is 0.0512. The molecule has 1 aliphatic carbocycles. The van der Waals surface area contributed by atoms with E-state index in [0.717, 1.165) is 119 Å². The predicted octanol–water partition coefficient (Wildman–Crippen LogP) is 9.50. The Labute approximate surface area is 404 Å². The zero-order chi connectivity index (χ0) is 48.2. The molecule has 0 bridgehead atoms. The lowest BCUT2D eigenvalue weighted by molar-refractivity contribution is -0.384. The van der Waals surface area contributed by atoms with Crippen LogP contribution in [-0.4, -0.2) is 109 Å². The van der Waals surface area contributed by atoms with Crippen molar-refractivity contribution in [1.82, 2.24) is 24.5 Å². The molecule has 2 aliphatic heterocycles. The van der Waals surface area contributed by atoms with E-state index in [-0.39, 0.29) is 28.3 Å². The van der Waals surface area contributed by atoms with Crippen LogP contribution in [0, 0.1) is 21.4 Å². The lowest BCUT2D eigenvalue weighted by Crippen LogP contribution is -2.47. The van der Waals surface area contributed by atoms with Crippen LogP contribution in [-0.2, 0) is 10.0 Å². The molecule has 362 valence electrons. The molecule has 5 aromatic rings. The Kier molecular flexibility index (Phi) is 14.8. The number of fused-ring (bicyclic) bond motifs is 1. The Bertz CT molecular complexity index is 2750. The van der Waals surface area contributed by atoms with Gasteiger partial charge in [0.05, 0.1) is 27.2 Å². The van der Waals surface area contributed by atoms with E-state index in [2.05, 4.69) is 60.7 Å². The summed E-state index contributed by atoms with van der Waals surface area (Å²) in [4.78, 5) is 39.8. The Morgan fingerprint density at radius 2 is 1.75 bits per heavy atom. The van der Waals surface area contributed by atoms with Crippen LogP contribution in [0.3, 0.4) is 0 Å². The summed E-state index contributed by atoms with van der Waals surface area (Å²) in [5, 5.41) is 27.0. The standard InChI is InChI=1S/C51H63ClN8O7S/c1-50(2)19-14-38(44(31-50)36-6-8-39(52)9-7-36)34-58-24-26-59(27-25-58)40-10-12-43(47(29-40)67-41-28-37-15-20-53-48(37)55-33-41)49(61)56-68(65,66)42-11-13-45(46(30-42)60(63)64)54-32-35-16-22-57(23-17-35)21-5-18-51(3,4)62/h6-13,15,20,28-30,33,35,54,62H,5,14,16-19,21-27,31-32,34H2,1-4H3,(H,53,55)(H,56,61). The number of allylic oxidation sites excluding steroid dienone is 1. The fourth-order valence-electron chi connectivity index (χ4n) is 9.60. The molecule has 0 unspecified atom stereocenters. The Morgan fingerprint density at radius 3 is 2.47 bits per heavy atom. The number of piperazine rings is 1. The van der Waals surface area contributed by atoms with Crippen molar-refractivity contribution in [2.45, 2.75) is 83.1 Å². The van der Waals surface area contributed by atoms with Crippen molar-refractivity contribution in [3.63, 3.8) is 0 Å². The minimum atomic E-state index is -4.58. The van der Waals surface area contributed by atoms with Gasteiger partial charge in [-0.3, -0.25) is 19.8 Å². The summed E-state index contributed by atoms with van der Waals surface area (Å²) in [5.41, 5.74) is 4.86. The molecule has 0 radical (unpaired) electrons. The van der Waals surface area contributed by atoms with Gasteiger partial charge in [0.2, 0.25) is 0 Å². The molecule has 2 aromatic heterocycles. The van der Waals surface area contributed by atoms with Crippen LogP contribution in [0.25, 0.3) is 16.6 Å². The molecule has 3 aromatic carbocycles. The molecule has 15 nitrogen and oxygen atoms in total. The van der Waals surface area contributed by atoms with E-state index in [1.165, 1.54) is 35.0 Å². The molecule has 4 heterocycles. The number of likely N-dealkylation sites (tertiary alicyclic amines) is 1. The number of nitro groups is 1. The van der Waals surface area contributed by atoms with Gasteiger partial charge < -0.3 is 29.9 Å². The molecule has 8 rings (SSSR count). The summed E-state index contributed by atoms with van der Waals surface area (Å²) in [5.74, 6) is -0.197. The number of hydrogen-bond donors (Lipinski definition) is 4. The highest BCUT2D eigenvalue weighted by atomic mass is 35.5. The first-order valence-electron chi connectivity index (χ1n) is 23.6. The summed E-state index contributed by atoms with van der Waals surface area (Å²) in [6, 6.07) is 20.5. The maximum Gasteiger partial charge on any atom is 0.293 e. The second-order valence-corrected chi connectivity index (χ2v) is 22.1. The second kappa shape index (κ2) is 20.6. The van der Waals surface area contributed by atoms with Crippen LogP contribution in [0.5, 0.6) is 11.5 Å². The van der Waals surface area contributed by atoms with Crippen molar-refractivity contribution in [3.8, 4) is 11.5 Å². The zero-order valence-electron chi connectivity index (χ0n) is 39.4. The normalized spacial score (nSPS) is 17.6. The van der Waals surface area contributed by atoms with Crippen molar-refractivity contribution >= 4 is 61.2 Å². The van der Waals surface area contributed by atoms with Crippen LogP contribution in [0.4, 0.5) is 17.1 Å². The summed E-state index contributed by atoms with van der Waals surface area (Å²) >= 11 is 6.25. The number of hydrogen-bond acceptors (Lipinski definition) is 12. The van der Waals surface area contributed by atoms with Crippen LogP contribution >= 0.6 is 11.6 Å². The number of ether oxygens (including phenoxy) is 1. The van der Waals surface area contributed by atoms with Crippen LogP contribution in [0.2, 0.25) is 5.02 Å². The van der Waals surface area contributed by atoms with E-state index in [1.807, 2.05) is 32.0 Å². The second-order valence-electron chi connectivity index (χ2n) is 20.0. The minimum absolute atomic E-state index is 0.0388. The van der Waals surface area contributed by atoms with E-state index >= 15 is 0 Å². The Balaban J connectivity index is 0.951. The summed E-state index contributed by atoms with van der Waals surface area (Å²) < 4.78 is 36.1. The molecule has 1 amide bonds. The van der Waals surface area contributed by atoms with E-state index in [1.54, 1.807) is 30.5 Å². The van der Waals surface area contributed by atoms with Crippen LogP contribution < -0.4 is 19.7 Å². The Morgan fingerprint density at radius 1 is 1.00 bits per heavy atom. The maximum atomic E-state index is 14.0. The van der Waals surface area contributed by atoms with Gasteiger partial charge in [0, 0.05) is 73.7 Å². The van der Waals surface area contributed by atoms with Gasteiger partial charge in [-0.1, -0.05) is 43.2 Å². The molecule has 17 heteroatoms. The van der Waals surface area contributed by atoms with Gasteiger partial charge >= 0.3 is 0 Å².